The third kappa shape index (κ3) is 3.96. The van der Waals surface area contributed by atoms with Crippen LogP contribution in [0.25, 0.3) is 0 Å². The van der Waals surface area contributed by atoms with Gasteiger partial charge in [-0.25, -0.2) is 0 Å². The van der Waals surface area contributed by atoms with Crippen LogP contribution in [0.3, 0.4) is 0 Å². The van der Waals surface area contributed by atoms with E-state index in [2.05, 4.69) is 39.8 Å². The van der Waals surface area contributed by atoms with E-state index >= 15 is 0 Å². The Morgan fingerprint density at radius 1 is 1.00 bits per heavy atom. The minimum atomic E-state index is -0.247. The molecule has 0 atom stereocenters. The van der Waals surface area contributed by atoms with Gasteiger partial charge in [0, 0.05) is 12.7 Å². The number of aldehydes is 1. The van der Waals surface area contributed by atoms with Crippen LogP contribution in [0.4, 0.5) is 0 Å². The summed E-state index contributed by atoms with van der Waals surface area (Å²) in [5.41, 5.74) is -0.494. The van der Waals surface area contributed by atoms with E-state index in [-0.39, 0.29) is 18.3 Å². The molecule has 1 fully saturated rings. The van der Waals surface area contributed by atoms with Crippen LogP contribution in [-0.2, 0) is 14.1 Å². The number of unbranched alkanes of at least 4 members (excludes halogenated alkanes) is 2. The van der Waals surface area contributed by atoms with Gasteiger partial charge in [0.25, 0.3) is 0 Å². The molecular formula is C13H23BO3. The van der Waals surface area contributed by atoms with E-state index in [1.165, 1.54) is 0 Å². The van der Waals surface area contributed by atoms with E-state index in [4.69, 9.17) is 9.31 Å². The zero-order valence-corrected chi connectivity index (χ0v) is 11.4. The van der Waals surface area contributed by atoms with Gasteiger partial charge < -0.3 is 14.1 Å². The topological polar surface area (TPSA) is 35.5 Å². The fourth-order valence-corrected chi connectivity index (χ4v) is 1.71. The van der Waals surface area contributed by atoms with Crippen molar-refractivity contribution in [2.45, 2.75) is 64.5 Å². The Morgan fingerprint density at radius 3 is 2.12 bits per heavy atom. The first kappa shape index (κ1) is 14.5. The van der Waals surface area contributed by atoms with Gasteiger partial charge in [-0.05, 0) is 40.5 Å². The van der Waals surface area contributed by atoms with Crippen LogP contribution >= 0.6 is 0 Å². The number of allylic oxidation sites excluding steroid dienone is 2. The molecule has 1 aliphatic heterocycles. The van der Waals surface area contributed by atoms with Crippen molar-refractivity contribution in [3.63, 3.8) is 0 Å². The summed E-state index contributed by atoms with van der Waals surface area (Å²) in [6.07, 6.45) is 8.40. The fourth-order valence-electron chi connectivity index (χ4n) is 1.71. The van der Waals surface area contributed by atoms with Crippen LogP contribution in [0, 0.1) is 0 Å². The van der Waals surface area contributed by atoms with Crippen LogP contribution in [-0.4, -0.2) is 24.6 Å². The Hall–Kier alpha value is -0.605. The van der Waals surface area contributed by atoms with E-state index in [1.807, 2.05) is 0 Å². The molecule has 0 aromatic heterocycles. The van der Waals surface area contributed by atoms with Crippen molar-refractivity contribution < 1.29 is 14.1 Å². The Bertz CT molecular complexity index is 268. The van der Waals surface area contributed by atoms with Crippen LogP contribution in [0.2, 0.25) is 6.32 Å². The summed E-state index contributed by atoms with van der Waals surface area (Å²) in [7, 11) is -0.151. The highest BCUT2D eigenvalue weighted by molar-refractivity contribution is 6.46. The lowest BCUT2D eigenvalue weighted by atomic mass is 9.85. The van der Waals surface area contributed by atoms with Crippen molar-refractivity contribution in [2.24, 2.45) is 0 Å². The maximum atomic E-state index is 10.1. The summed E-state index contributed by atoms with van der Waals surface area (Å²) in [4.78, 5) is 10.1. The molecule has 0 aromatic rings. The molecular weight excluding hydrogens is 215 g/mol. The van der Waals surface area contributed by atoms with E-state index in [1.54, 1.807) is 0 Å². The average molecular weight is 238 g/mol. The van der Waals surface area contributed by atoms with Crippen molar-refractivity contribution in [3.8, 4) is 0 Å². The summed E-state index contributed by atoms with van der Waals surface area (Å²) in [6.45, 7) is 8.23. The third-order valence-corrected chi connectivity index (χ3v) is 3.49. The number of hydrogen-bond acceptors (Lipinski definition) is 3. The predicted molar refractivity (Wildman–Crippen MR) is 69.9 cm³/mol. The summed E-state index contributed by atoms with van der Waals surface area (Å²) in [5.74, 6) is 0. The van der Waals surface area contributed by atoms with E-state index in [9.17, 15) is 4.79 Å². The zero-order chi connectivity index (χ0) is 12.9. The second-order valence-corrected chi connectivity index (χ2v) is 5.49. The molecule has 0 radical (unpaired) electrons. The smallest absolute Gasteiger partial charge is 0.403 e. The van der Waals surface area contributed by atoms with Gasteiger partial charge in [-0.3, -0.25) is 0 Å². The molecule has 1 saturated heterocycles. The summed E-state index contributed by atoms with van der Waals surface area (Å²) >= 11 is 0. The van der Waals surface area contributed by atoms with Crippen molar-refractivity contribution in [2.75, 3.05) is 0 Å². The zero-order valence-electron chi connectivity index (χ0n) is 11.4. The number of hydrogen-bond donors (Lipinski definition) is 0. The van der Waals surface area contributed by atoms with Gasteiger partial charge in [-0.2, -0.15) is 0 Å². The first-order valence-electron chi connectivity index (χ1n) is 6.33. The van der Waals surface area contributed by atoms with E-state index < -0.39 is 0 Å². The largest absolute Gasteiger partial charge is 0.461 e. The second-order valence-electron chi connectivity index (χ2n) is 5.49. The van der Waals surface area contributed by atoms with Gasteiger partial charge in [-0.1, -0.05) is 12.2 Å². The van der Waals surface area contributed by atoms with Gasteiger partial charge in [0.2, 0.25) is 0 Å². The first-order valence-corrected chi connectivity index (χ1v) is 6.33. The molecule has 0 amide bonds. The van der Waals surface area contributed by atoms with Crippen molar-refractivity contribution >= 4 is 13.4 Å². The Kier molecular flexibility index (Phi) is 4.96. The standard InChI is InChI=1S/C13H23BO3/c1-12(2)13(3,4)17-14(16-12)10-8-6-5-7-9-11-15/h6,8,11H,5,7,9-10H2,1-4H3/b8-6-. The van der Waals surface area contributed by atoms with E-state index in [0.717, 1.165) is 25.4 Å². The van der Waals surface area contributed by atoms with Crippen LogP contribution in [0.15, 0.2) is 12.2 Å². The molecule has 0 aliphatic carbocycles. The molecule has 0 saturated carbocycles. The van der Waals surface area contributed by atoms with Crippen LogP contribution in [0.1, 0.15) is 47.0 Å². The van der Waals surface area contributed by atoms with Gasteiger partial charge in [-0.15, -0.1) is 0 Å². The van der Waals surface area contributed by atoms with Crippen LogP contribution in [0.5, 0.6) is 0 Å². The molecule has 3 nitrogen and oxygen atoms in total. The quantitative estimate of drug-likeness (QED) is 0.309. The highest BCUT2D eigenvalue weighted by Crippen LogP contribution is 2.37. The average Bonchev–Trinajstić information content (AvgIpc) is 2.41. The molecule has 0 unspecified atom stereocenters. The van der Waals surface area contributed by atoms with Crippen molar-refractivity contribution in [1.29, 1.82) is 0 Å². The monoisotopic (exact) mass is 238 g/mol. The highest BCUT2D eigenvalue weighted by atomic mass is 16.7. The minimum Gasteiger partial charge on any atom is -0.403 e. The van der Waals surface area contributed by atoms with Gasteiger partial charge in [0.1, 0.15) is 6.29 Å². The first-order chi connectivity index (χ1) is 7.89. The second kappa shape index (κ2) is 5.83. The molecule has 1 aliphatic rings. The number of rotatable bonds is 6. The van der Waals surface area contributed by atoms with Gasteiger partial charge in [0.05, 0.1) is 11.2 Å². The molecule has 0 aromatic carbocycles. The minimum absolute atomic E-state index is 0.151. The maximum Gasteiger partial charge on any atom is 0.461 e. The maximum absolute atomic E-state index is 10.1. The summed E-state index contributed by atoms with van der Waals surface area (Å²) < 4.78 is 11.7. The Morgan fingerprint density at radius 2 is 1.59 bits per heavy atom. The molecule has 0 bridgehead atoms. The number of carbonyl (C=O) groups excluding carboxylic acids is 1. The van der Waals surface area contributed by atoms with E-state index in [0.29, 0.717) is 6.42 Å². The normalized spacial score (nSPS) is 22.2. The van der Waals surface area contributed by atoms with Crippen LogP contribution < -0.4 is 0 Å². The molecule has 0 spiro atoms. The molecule has 1 rings (SSSR count). The lowest BCUT2D eigenvalue weighted by Gasteiger charge is -2.32. The SMILES string of the molecule is CC1(C)OB(C/C=C\CCCC=O)OC1(C)C. The Balaban J connectivity index is 2.28. The van der Waals surface area contributed by atoms with Crippen molar-refractivity contribution in [1.82, 2.24) is 0 Å². The lowest BCUT2D eigenvalue weighted by molar-refractivity contribution is -0.107. The summed E-state index contributed by atoms with van der Waals surface area (Å²) in [6, 6.07) is 0. The lowest BCUT2D eigenvalue weighted by Crippen LogP contribution is -2.41. The van der Waals surface area contributed by atoms with Gasteiger partial charge in [0.15, 0.2) is 0 Å². The Labute approximate surface area is 105 Å². The van der Waals surface area contributed by atoms with Gasteiger partial charge >= 0.3 is 7.12 Å². The number of carbonyl (C=O) groups is 1. The fraction of sp³-hybridized carbons (Fsp3) is 0.769. The molecule has 96 valence electrons. The third-order valence-electron chi connectivity index (χ3n) is 3.49. The molecule has 0 N–H and O–H groups in total. The predicted octanol–water partition coefficient (Wildman–Crippen LogP) is 3.00. The highest BCUT2D eigenvalue weighted by Gasteiger charge is 2.50. The van der Waals surface area contributed by atoms with Crippen molar-refractivity contribution in [3.05, 3.63) is 12.2 Å². The summed E-state index contributed by atoms with van der Waals surface area (Å²) in [5, 5.41) is 0. The molecule has 4 heteroatoms. The molecule has 17 heavy (non-hydrogen) atoms. The molecule has 1 heterocycles.